The van der Waals surface area contributed by atoms with Gasteiger partial charge >= 0.3 is 0 Å². The van der Waals surface area contributed by atoms with Crippen LogP contribution in [0.25, 0.3) is 0 Å². The first-order chi connectivity index (χ1) is 10.0. The van der Waals surface area contributed by atoms with Gasteiger partial charge in [0, 0.05) is 24.8 Å². The Bertz CT molecular complexity index is 451. The zero-order valence-electron chi connectivity index (χ0n) is 13.6. The minimum Gasteiger partial charge on any atom is -0.491 e. The molecule has 0 heterocycles. The second-order valence-corrected chi connectivity index (χ2v) is 5.12. The first-order valence-corrected chi connectivity index (χ1v) is 7.33. The van der Waals surface area contributed by atoms with Gasteiger partial charge in [0.15, 0.2) is 0 Å². The molecule has 0 saturated heterocycles. The van der Waals surface area contributed by atoms with Crippen LogP contribution >= 0.6 is 12.4 Å². The lowest BCUT2D eigenvalue weighted by atomic mass is 9.94. The molecule has 0 unspecified atom stereocenters. The van der Waals surface area contributed by atoms with Gasteiger partial charge in [0.1, 0.15) is 12.4 Å². The Balaban J connectivity index is 0.00000441. The van der Waals surface area contributed by atoms with E-state index in [4.69, 9.17) is 15.2 Å². The third kappa shape index (κ3) is 6.64. The lowest BCUT2D eigenvalue weighted by molar-refractivity contribution is 0.0941. The number of ether oxygens (including phenoxy) is 2. The number of hydrogen-bond acceptors (Lipinski definition) is 4. The van der Waals surface area contributed by atoms with Gasteiger partial charge in [0.2, 0.25) is 0 Å². The first-order valence-electron chi connectivity index (χ1n) is 7.33. The summed E-state index contributed by atoms with van der Waals surface area (Å²) >= 11 is 0. The van der Waals surface area contributed by atoms with Crippen molar-refractivity contribution in [2.24, 2.45) is 5.73 Å². The van der Waals surface area contributed by atoms with Crippen molar-refractivity contribution in [3.05, 3.63) is 29.8 Å². The van der Waals surface area contributed by atoms with Crippen LogP contribution in [0.5, 0.6) is 5.75 Å². The van der Waals surface area contributed by atoms with Crippen molar-refractivity contribution in [2.45, 2.75) is 32.2 Å². The van der Waals surface area contributed by atoms with Gasteiger partial charge in [-0.2, -0.15) is 0 Å². The number of hydrogen-bond donors (Lipinski definition) is 2. The molecule has 1 aromatic carbocycles. The van der Waals surface area contributed by atoms with Crippen LogP contribution < -0.4 is 15.8 Å². The molecule has 0 bridgehead atoms. The minimum atomic E-state index is -0.345. The number of halogens is 1. The molecular formula is C16H27ClN2O3. The molecule has 0 spiro atoms. The Morgan fingerprint density at radius 3 is 2.55 bits per heavy atom. The molecule has 1 amide bonds. The molecule has 0 aromatic heterocycles. The number of nitrogens with one attached hydrogen (secondary N) is 1. The van der Waals surface area contributed by atoms with Crippen LogP contribution in [0.1, 0.15) is 37.0 Å². The number of methoxy groups -OCH3 is 1. The van der Waals surface area contributed by atoms with Gasteiger partial charge in [-0.3, -0.25) is 4.79 Å². The number of benzene rings is 1. The summed E-state index contributed by atoms with van der Waals surface area (Å²) < 4.78 is 10.4. The quantitative estimate of drug-likeness (QED) is 0.682. The maximum absolute atomic E-state index is 12.2. The van der Waals surface area contributed by atoms with Gasteiger partial charge < -0.3 is 20.5 Å². The second-order valence-electron chi connectivity index (χ2n) is 5.12. The summed E-state index contributed by atoms with van der Waals surface area (Å²) in [5, 5.41) is 2.89. The molecule has 5 nitrogen and oxygen atoms in total. The van der Waals surface area contributed by atoms with E-state index in [2.05, 4.69) is 5.32 Å². The van der Waals surface area contributed by atoms with Gasteiger partial charge in [0.05, 0.1) is 6.61 Å². The largest absolute Gasteiger partial charge is 0.491 e. The molecular weight excluding hydrogens is 304 g/mol. The Morgan fingerprint density at radius 1 is 1.27 bits per heavy atom. The van der Waals surface area contributed by atoms with Crippen molar-refractivity contribution < 1.29 is 14.3 Å². The zero-order valence-corrected chi connectivity index (χ0v) is 14.4. The molecule has 1 rings (SSSR count). The van der Waals surface area contributed by atoms with E-state index in [0.717, 1.165) is 12.8 Å². The lowest BCUT2D eigenvalue weighted by Gasteiger charge is -2.26. The van der Waals surface area contributed by atoms with Crippen LogP contribution in [-0.4, -0.2) is 38.3 Å². The Morgan fingerprint density at radius 2 is 1.95 bits per heavy atom. The van der Waals surface area contributed by atoms with Crippen molar-refractivity contribution in [1.82, 2.24) is 5.32 Å². The lowest BCUT2D eigenvalue weighted by Crippen LogP contribution is -2.49. The third-order valence-corrected chi connectivity index (χ3v) is 3.66. The summed E-state index contributed by atoms with van der Waals surface area (Å²) in [5.41, 5.74) is 6.40. The summed E-state index contributed by atoms with van der Waals surface area (Å²) in [7, 11) is 1.62. The van der Waals surface area contributed by atoms with Crippen molar-refractivity contribution >= 4 is 18.3 Å². The highest BCUT2D eigenvalue weighted by molar-refractivity contribution is 5.94. The van der Waals surface area contributed by atoms with E-state index < -0.39 is 0 Å². The molecule has 1 aromatic rings. The highest BCUT2D eigenvalue weighted by Crippen LogP contribution is 2.14. The van der Waals surface area contributed by atoms with Gasteiger partial charge in [-0.1, -0.05) is 19.9 Å². The van der Waals surface area contributed by atoms with E-state index in [1.165, 1.54) is 0 Å². The predicted octanol–water partition coefficient (Wildman–Crippen LogP) is 2.38. The van der Waals surface area contributed by atoms with E-state index in [0.29, 0.717) is 31.1 Å². The van der Waals surface area contributed by atoms with Gasteiger partial charge in [-0.25, -0.2) is 0 Å². The van der Waals surface area contributed by atoms with E-state index in [-0.39, 0.29) is 23.9 Å². The summed E-state index contributed by atoms with van der Waals surface area (Å²) in [5.74, 6) is 0.522. The summed E-state index contributed by atoms with van der Waals surface area (Å²) in [6.07, 6.45) is 1.65. The van der Waals surface area contributed by atoms with Crippen LogP contribution in [-0.2, 0) is 4.74 Å². The molecule has 0 atom stereocenters. The van der Waals surface area contributed by atoms with Gasteiger partial charge in [-0.05, 0) is 31.0 Å². The number of nitrogens with two attached hydrogens (primary N) is 1. The van der Waals surface area contributed by atoms with Crippen molar-refractivity contribution in [2.75, 3.05) is 26.9 Å². The van der Waals surface area contributed by atoms with Gasteiger partial charge in [-0.15, -0.1) is 12.4 Å². The predicted molar refractivity (Wildman–Crippen MR) is 90.9 cm³/mol. The number of amides is 1. The standard InChI is InChI=1S/C16H26N2O3.ClH/c1-4-16(17,5-2)12-18-15(19)13-7-6-8-14(11-13)21-10-9-20-3;/h6-8,11H,4-5,9-10,12,17H2,1-3H3,(H,18,19);1H. The summed E-state index contributed by atoms with van der Waals surface area (Å²) in [6.45, 7) is 5.49. The van der Waals surface area contributed by atoms with E-state index in [9.17, 15) is 4.79 Å². The van der Waals surface area contributed by atoms with Crippen molar-refractivity contribution in [3.8, 4) is 5.75 Å². The first kappa shape index (κ1) is 20.7. The normalized spacial score (nSPS) is 10.7. The smallest absolute Gasteiger partial charge is 0.251 e. The summed E-state index contributed by atoms with van der Waals surface area (Å²) in [6, 6.07) is 7.10. The molecule has 22 heavy (non-hydrogen) atoms. The number of rotatable bonds is 9. The maximum Gasteiger partial charge on any atom is 0.251 e. The molecule has 0 aliphatic rings. The highest BCUT2D eigenvalue weighted by Gasteiger charge is 2.21. The average molecular weight is 331 g/mol. The molecule has 6 heteroatoms. The third-order valence-electron chi connectivity index (χ3n) is 3.66. The average Bonchev–Trinajstić information content (AvgIpc) is 2.53. The molecule has 0 fully saturated rings. The number of carbonyl (C=O) groups is 1. The fourth-order valence-corrected chi connectivity index (χ4v) is 1.83. The van der Waals surface area contributed by atoms with Crippen LogP contribution in [0.2, 0.25) is 0 Å². The summed E-state index contributed by atoms with van der Waals surface area (Å²) in [4.78, 5) is 12.2. The van der Waals surface area contributed by atoms with Crippen molar-refractivity contribution in [1.29, 1.82) is 0 Å². The molecule has 0 aliphatic heterocycles. The van der Waals surface area contributed by atoms with E-state index in [1.54, 1.807) is 25.3 Å². The van der Waals surface area contributed by atoms with Crippen LogP contribution in [0.4, 0.5) is 0 Å². The second kappa shape index (κ2) is 10.4. The van der Waals surface area contributed by atoms with Crippen LogP contribution in [0.3, 0.4) is 0 Å². The molecule has 0 radical (unpaired) electrons. The molecule has 3 N–H and O–H groups in total. The highest BCUT2D eigenvalue weighted by atomic mass is 35.5. The monoisotopic (exact) mass is 330 g/mol. The van der Waals surface area contributed by atoms with Crippen LogP contribution in [0, 0.1) is 0 Å². The van der Waals surface area contributed by atoms with Gasteiger partial charge in [0.25, 0.3) is 5.91 Å². The maximum atomic E-state index is 12.2. The van der Waals surface area contributed by atoms with E-state index in [1.807, 2.05) is 19.9 Å². The SMILES string of the molecule is CCC(N)(CC)CNC(=O)c1cccc(OCCOC)c1.Cl. The van der Waals surface area contributed by atoms with Crippen molar-refractivity contribution in [3.63, 3.8) is 0 Å². The molecule has 0 saturated carbocycles. The Hall–Kier alpha value is -1.30. The Labute approximate surface area is 139 Å². The zero-order chi connectivity index (χ0) is 15.7. The minimum absolute atomic E-state index is 0. The van der Waals surface area contributed by atoms with Crippen LogP contribution in [0.15, 0.2) is 24.3 Å². The molecule has 0 aliphatic carbocycles. The fraction of sp³-hybridized carbons (Fsp3) is 0.562. The fourth-order valence-electron chi connectivity index (χ4n) is 1.83. The van der Waals surface area contributed by atoms with E-state index >= 15 is 0 Å². The topological polar surface area (TPSA) is 73.6 Å². The Kier molecular flexibility index (Phi) is 9.81. The molecule has 126 valence electrons. The number of carbonyl (C=O) groups excluding carboxylic acids is 1.